The minimum absolute atomic E-state index is 0.0101. The summed E-state index contributed by atoms with van der Waals surface area (Å²) >= 11 is 17.7. The Hall–Kier alpha value is 0.0200. The van der Waals surface area contributed by atoms with E-state index in [-0.39, 0.29) is 16.3 Å². The fourth-order valence-electron chi connectivity index (χ4n) is 1.44. The molecule has 0 bridgehead atoms. The lowest BCUT2D eigenvalue weighted by atomic mass is 9.96. The lowest BCUT2D eigenvalue weighted by Crippen LogP contribution is -2.09. The zero-order valence-electron chi connectivity index (χ0n) is 8.53. The highest BCUT2D eigenvalue weighted by molar-refractivity contribution is 6.35. The summed E-state index contributed by atoms with van der Waals surface area (Å²) in [5.41, 5.74) is 0.709. The molecule has 84 valence electrons. The van der Waals surface area contributed by atoms with Crippen LogP contribution in [0.3, 0.4) is 0 Å². The van der Waals surface area contributed by atoms with Crippen molar-refractivity contribution in [2.24, 2.45) is 0 Å². The largest absolute Gasteiger partial charge is 0.205 e. The predicted octanol–water partition coefficient (Wildman–Crippen LogP) is 5.25. The molecule has 0 radical (unpaired) electrons. The van der Waals surface area contributed by atoms with Crippen molar-refractivity contribution in [3.8, 4) is 0 Å². The molecule has 0 aromatic heterocycles. The van der Waals surface area contributed by atoms with Gasteiger partial charge in [-0.15, -0.1) is 11.6 Å². The highest BCUT2D eigenvalue weighted by atomic mass is 35.5. The van der Waals surface area contributed by atoms with Gasteiger partial charge in [-0.1, -0.05) is 37.0 Å². The van der Waals surface area contributed by atoms with Gasteiger partial charge in [-0.25, -0.2) is 4.39 Å². The van der Waals surface area contributed by atoms with Gasteiger partial charge < -0.3 is 0 Å². The molecule has 1 aromatic rings. The Morgan fingerprint density at radius 3 is 2.40 bits per heavy atom. The average Bonchev–Trinajstić information content (AvgIpc) is 2.21. The van der Waals surface area contributed by atoms with Crippen LogP contribution in [-0.2, 0) is 0 Å². The molecule has 0 N–H and O–H groups in total. The minimum atomic E-state index is -0.456. The highest BCUT2D eigenvalue weighted by Gasteiger charge is 2.19. The summed E-state index contributed by atoms with van der Waals surface area (Å²) in [6.07, 6.45) is 0.809. The molecule has 0 aliphatic heterocycles. The van der Waals surface area contributed by atoms with Crippen LogP contribution in [0.5, 0.6) is 0 Å². The van der Waals surface area contributed by atoms with Crippen LogP contribution in [0, 0.1) is 5.82 Å². The number of alkyl halides is 1. The number of hydrogen-bond donors (Lipinski definition) is 0. The average molecular weight is 270 g/mol. The summed E-state index contributed by atoms with van der Waals surface area (Å²) in [5, 5.41) is 0.453. The van der Waals surface area contributed by atoms with E-state index in [4.69, 9.17) is 34.8 Å². The van der Waals surface area contributed by atoms with E-state index in [9.17, 15) is 4.39 Å². The van der Waals surface area contributed by atoms with Gasteiger partial charge in [0.25, 0.3) is 0 Å². The summed E-state index contributed by atoms with van der Waals surface area (Å²) in [6.45, 7) is 3.91. The Balaban J connectivity index is 3.09. The first-order valence-electron chi connectivity index (χ1n) is 4.75. The van der Waals surface area contributed by atoms with Gasteiger partial charge in [-0.2, -0.15) is 0 Å². The molecule has 0 aliphatic carbocycles. The molecule has 4 heteroatoms. The first-order valence-corrected chi connectivity index (χ1v) is 5.95. The standard InChI is InChI=1S/C11H12Cl3F/c1-3-8(12)6(2)7-4-11(15)10(14)5-9(7)13/h4-6,8H,3H2,1-2H3. The zero-order valence-corrected chi connectivity index (χ0v) is 10.8. The van der Waals surface area contributed by atoms with Gasteiger partial charge in [0.2, 0.25) is 0 Å². The van der Waals surface area contributed by atoms with Crippen LogP contribution in [-0.4, -0.2) is 5.38 Å². The second-order valence-corrected chi connectivity index (χ2v) is 4.88. The molecule has 0 heterocycles. The molecule has 1 aromatic carbocycles. The Morgan fingerprint density at radius 2 is 1.87 bits per heavy atom. The van der Waals surface area contributed by atoms with Crippen molar-refractivity contribution in [3.63, 3.8) is 0 Å². The van der Waals surface area contributed by atoms with Crippen LogP contribution in [0.4, 0.5) is 4.39 Å². The lowest BCUT2D eigenvalue weighted by Gasteiger charge is -2.18. The molecule has 0 saturated heterocycles. The van der Waals surface area contributed by atoms with E-state index in [0.29, 0.717) is 10.6 Å². The molecule has 15 heavy (non-hydrogen) atoms. The molecule has 2 atom stereocenters. The van der Waals surface area contributed by atoms with Crippen LogP contribution >= 0.6 is 34.8 Å². The van der Waals surface area contributed by atoms with E-state index in [1.54, 1.807) is 0 Å². The van der Waals surface area contributed by atoms with Crippen LogP contribution < -0.4 is 0 Å². The van der Waals surface area contributed by atoms with Gasteiger partial charge in [0.1, 0.15) is 5.82 Å². The zero-order chi connectivity index (χ0) is 11.6. The van der Waals surface area contributed by atoms with Crippen molar-refractivity contribution >= 4 is 34.8 Å². The molecule has 0 amide bonds. The fraction of sp³-hybridized carbons (Fsp3) is 0.455. The normalized spacial score (nSPS) is 15.1. The van der Waals surface area contributed by atoms with Crippen LogP contribution in [0.15, 0.2) is 12.1 Å². The van der Waals surface area contributed by atoms with Gasteiger partial charge in [0, 0.05) is 10.4 Å². The topological polar surface area (TPSA) is 0 Å². The Labute approximate surface area is 104 Å². The predicted molar refractivity (Wildman–Crippen MR) is 64.8 cm³/mol. The van der Waals surface area contributed by atoms with E-state index >= 15 is 0 Å². The van der Waals surface area contributed by atoms with Crippen molar-refractivity contribution in [3.05, 3.63) is 33.6 Å². The molecular weight excluding hydrogens is 257 g/mol. The van der Waals surface area contributed by atoms with Gasteiger partial charge in [0.15, 0.2) is 0 Å². The van der Waals surface area contributed by atoms with Gasteiger partial charge >= 0.3 is 0 Å². The maximum atomic E-state index is 13.3. The van der Waals surface area contributed by atoms with Crippen LogP contribution in [0.25, 0.3) is 0 Å². The molecule has 0 nitrogen and oxygen atoms in total. The summed E-state index contributed by atoms with van der Waals surface area (Å²) in [5.74, 6) is -0.446. The van der Waals surface area contributed by atoms with Gasteiger partial charge in [-0.05, 0) is 30.0 Å². The molecule has 0 aliphatic rings. The van der Waals surface area contributed by atoms with Crippen LogP contribution in [0.1, 0.15) is 31.7 Å². The second kappa shape index (κ2) is 5.38. The van der Waals surface area contributed by atoms with Crippen molar-refractivity contribution in [1.29, 1.82) is 0 Å². The fourth-order valence-corrected chi connectivity index (χ4v) is 2.13. The van der Waals surface area contributed by atoms with Crippen molar-refractivity contribution in [1.82, 2.24) is 0 Å². The van der Waals surface area contributed by atoms with Gasteiger partial charge in [0.05, 0.1) is 5.02 Å². The van der Waals surface area contributed by atoms with Crippen molar-refractivity contribution in [2.45, 2.75) is 31.6 Å². The third kappa shape index (κ3) is 2.99. The van der Waals surface area contributed by atoms with Crippen molar-refractivity contribution < 1.29 is 4.39 Å². The maximum Gasteiger partial charge on any atom is 0.142 e. The smallest absolute Gasteiger partial charge is 0.142 e. The molecule has 0 spiro atoms. The van der Waals surface area contributed by atoms with E-state index in [1.807, 2.05) is 13.8 Å². The summed E-state index contributed by atoms with van der Waals surface area (Å²) in [4.78, 5) is 0. The monoisotopic (exact) mass is 268 g/mol. The third-order valence-corrected chi connectivity index (χ3v) is 3.77. The Morgan fingerprint density at radius 1 is 1.27 bits per heavy atom. The number of benzene rings is 1. The van der Waals surface area contributed by atoms with E-state index in [0.717, 1.165) is 6.42 Å². The first-order chi connectivity index (χ1) is 6.97. The van der Waals surface area contributed by atoms with E-state index in [1.165, 1.54) is 12.1 Å². The van der Waals surface area contributed by atoms with Gasteiger partial charge in [-0.3, -0.25) is 0 Å². The van der Waals surface area contributed by atoms with Crippen molar-refractivity contribution in [2.75, 3.05) is 0 Å². The highest BCUT2D eigenvalue weighted by Crippen LogP contribution is 2.33. The van der Waals surface area contributed by atoms with E-state index in [2.05, 4.69) is 0 Å². The SMILES string of the molecule is CCC(Cl)C(C)c1cc(F)c(Cl)cc1Cl. The Bertz CT molecular complexity index is 352. The number of halogens is 4. The minimum Gasteiger partial charge on any atom is -0.205 e. The maximum absolute atomic E-state index is 13.3. The summed E-state index contributed by atoms with van der Waals surface area (Å²) in [6, 6.07) is 2.78. The molecule has 0 fully saturated rings. The van der Waals surface area contributed by atoms with E-state index < -0.39 is 5.82 Å². The third-order valence-electron chi connectivity index (χ3n) is 2.46. The summed E-state index contributed by atoms with van der Waals surface area (Å²) in [7, 11) is 0. The lowest BCUT2D eigenvalue weighted by molar-refractivity contribution is 0.615. The summed E-state index contributed by atoms with van der Waals surface area (Å²) < 4.78 is 13.3. The molecule has 1 rings (SSSR count). The second-order valence-electron chi connectivity index (χ2n) is 3.50. The Kier molecular flexibility index (Phi) is 4.69. The molecule has 2 unspecified atom stereocenters. The molecular formula is C11H12Cl3F. The number of hydrogen-bond acceptors (Lipinski definition) is 0. The first kappa shape index (κ1) is 13.1. The van der Waals surface area contributed by atoms with Crippen LogP contribution in [0.2, 0.25) is 10.0 Å². The number of rotatable bonds is 3. The molecule has 0 saturated carbocycles. The quantitative estimate of drug-likeness (QED) is 0.519.